The van der Waals surface area contributed by atoms with Gasteiger partial charge in [-0.25, -0.2) is 0 Å². The molecule has 0 spiro atoms. The van der Waals surface area contributed by atoms with Gasteiger partial charge in [-0.1, -0.05) is 31.9 Å². The molecule has 1 aliphatic carbocycles. The summed E-state index contributed by atoms with van der Waals surface area (Å²) >= 11 is 0.750. The maximum absolute atomic E-state index is 2.21. The van der Waals surface area contributed by atoms with Gasteiger partial charge >= 0.3 is 26.8 Å². The van der Waals surface area contributed by atoms with E-state index < -0.39 is 0 Å². The molecule has 0 saturated heterocycles. The first-order chi connectivity index (χ1) is 5.97. The second-order valence-electron chi connectivity index (χ2n) is 3.70. The van der Waals surface area contributed by atoms with Crippen molar-refractivity contribution in [2.45, 2.75) is 46.2 Å². The van der Waals surface area contributed by atoms with Crippen LogP contribution in [-0.4, -0.2) is 15.2 Å². The summed E-state index contributed by atoms with van der Waals surface area (Å²) in [6, 6.07) is 0. The van der Waals surface area contributed by atoms with Gasteiger partial charge in [-0.2, -0.15) is 0 Å². The van der Waals surface area contributed by atoms with Crippen molar-refractivity contribution in [1.82, 2.24) is 0 Å². The van der Waals surface area contributed by atoms with Crippen molar-refractivity contribution in [1.29, 1.82) is 0 Å². The van der Waals surface area contributed by atoms with E-state index in [0.717, 1.165) is 15.2 Å². The standard InChI is InChI=1S/C10H15.2CH3.Al/c1-6-7(2)9(4)10(5)8(6)3;;;/h1-5H3;2*1H3;/q;;;+1. The first-order valence-electron chi connectivity index (χ1n) is 4.90. The summed E-state index contributed by atoms with van der Waals surface area (Å²) < 4.78 is 0. The molecule has 0 aromatic heterocycles. The monoisotopic (exact) mass is 192 g/mol. The molecule has 0 aliphatic heterocycles. The molecule has 0 unspecified atom stereocenters. The molecule has 0 saturated carbocycles. The van der Waals surface area contributed by atoms with E-state index in [4.69, 9.17) is 0 Å². The molecule has 13 heavy (non-hydrogen) atoms. The molecule has 0 N–H and O–H groups in total. The number of hydrogen-bond donors (Lipinski definition) is 0. The first-order valence-corrected chi connectivity index (χ1v) is 7.21. The fraction of sp³-hybridized carbons (Fsp3) is 0.583. The molecule has 0 amide bonds. The average Bonchev–Trinajstić information content (AvgIpc) is 2.25. The normalized spacial score (nSPS) is 19.9. The Labute approximate surface area is 90.5 Å². The van der Waals surface area contributed by atoms with Crippen molar-refractivity contribution in [2.75, 3.05) is 0 Å². The molecule has 3 radical (unpaired) electrons. The van der Waals surface area contributed by atoms with E-state index >= 15 is 0 Å². The summed E-state index contributed by atoms with van der Waals surface area (Å²) in [5.41, 5.74) is 2.94. The molecule has 0 atom stereocenters. The van der Waals surface area contributed by atoms with E-state index in [1.165, 1.54) is 28.9 Å². The van der Waals surface area contributed by atoms with Crippen LogP contribution in [0, 0.1) is 17.8 Å². The first kappa shape index (κ1) is 13.3. The van der Waals surface area contributed by atoms with E-state index in [-0.39, 0.29) is 0 Å². The minimum absolute atomic E-state index is 0.750. The molecule has 1 aliphatic rings. The summed E-state index contributed by atoms with van der Waals surface area (Å²) in [5, 5.41) is 0. The molecule has 0 fully saturated rings. The summed E-state index contributed by atoms with van der Waals surface area (Å²) in [4.78, 5) is 0. The number of hydrogen-bond acceptors (Lipinski definition) is 0. The molecular weight excluding hydrogens is 171 g/mol. The van der Waals surface area contributed by atoms with Crippen molar-refractivity contribution < 1.29 is 0 Å². The Morgan fingerprint density at radius 1 is 0.615 bits per heavy atom. The van der Waals surface area contributed by atoms with Crippen LogP contribution in [0.1, 0.15) is 34.6 Å². The third-order valence-electron chi connectivity index (χ3n) is 2.81. The van der Waals surface area contributed by atoms with Crippen LogP contribution in [0.2, 0.25) is 11.6 Å². The molecule has 1 rings (SSSR count). The number of allylic oxidation sites excluding steroid dienone is 2. The van der Waals surface area contributed by atoms with Crippen molar-refractivity contribution in [2.24, 2.45) is 0 Å². The van der Waals surface area contributed by atoms with Crippen LogP contribution in [0.3, 0.4) is 0 Å². The molecule has 0 nitrogen and oxygen atoms in total. The molecule has 71 valence electrons. The minimum atomic E-state index is 0.750. The zero-order valence-electron chi connectivity index (χ0n) is 10.1. The molecule has 0 heterocycles. The second-order valence-corrected chi connectivity index (χ2v) is 4.86. The topological polar surface area (TPSA) is 0 Å². The average molecular weight is 192 g/mol. The molecule has 1 heteroatoms. The molecule has 0 bridgehead atoms. The predicted octanol–water partition coefficient (Wildman–Crippen LogP) is 3.91. The Morgan fingerprint density at radius 3 is 0.923 bits per heavy atom. The second kappa shape index (κ2) is 5.89. The Morgan fingerprint density at radius 2 is 0.846 bits per heavy atom. The van der Waals surface area contributed by atoms with Gasteiger partial charge in [0, 0.05) is 11.8 Å². The van der Waals surface area contributed by atoms with Crippen molar-refractivity contribution in [3.8, 4) is 0 Å². The summed E-state index contributed by atoms with van der Waals surface area (Å²) in [6.45, 7) is 11.0. The third kappa shape index (κ3) is 3.15. The quantitative estimate of drug-likeness (QED) is 0.510. The van der Waals surface area contributed by atoms with E-state index in [1.54, 1.807) is 0 Å². The van der Waals surface area contributed by atoms with Gasteiger partial charge < -0.3 is 0 Å². The van der Waals surface area contributed by atoms with Gasteiger partial charge in [0.1, 0.15) is 0 Å². The van der Waals surface area contributed by atoms with Gasteiger partial charge in [0.25, 0.3) is 0 Å². The van der Waals surface area contributed by atoms with Gasteiger partial charge in [-0.3, -0.25) is 0 Å². The summed E-state index contributed by atoms with van der Waals surface area (Å²) in [6.07, 6.45) is 0. The third-order valence-corrected chi connectivity index (χ3v) is 2.81. The van der Waals surface area contributed by atoms with Crippen molar-refractivity contribution in [3.05, 3.63) is 28.9 Å². The SMILES string of the molecule is C[C]1[C](C)C(C)=C(C)[C]1C.[CH3][Al+][CH3]. The summed E-state index contributed by atoms with van der Waals surface area (Å²) in [5.74, 6) is 8.82. The van der Waals surface area contributed by atoms with Gasteiger partial charge in [0.15, 0.2) is 0 Å². The molecule has 0 aromatic rings. The van der Waals surface area contributed by atoms with E-state index in [9.17, 15) is 0 Å². The van der Waals surface area contributed by atoms with Gasteiger partial charge in [0.05, 0.1) is 0 Å². The van der Waals surface area contributed by atoms with Gasteiger partial charge in [0.2, 0.25) is 0 Å². The van der Waals surface area contributed by atoms with Crippen LogP contribution in [-0.2, 0) is 0 Å². The van der Waals surface area contributed by atoms with Crippen LogP contribution in [0.15, 0.2) is 11.1 Å². The zero-order valence-corrected chi connectivity index (χ0v) is 11.2. The predicted molar refractivity (Wildman–Crippen MR) is 62.6 cm³/mol. The Balaban J connectivity index is 0.000000424. The fourth-order valence-corrected chi connectivity index (χ4v) is 1.41. The Hall–Kier alpha value is 0.272. The Kier molecular flexibility index (Phi) is 6.01. The van der Waals surface area contributed by atoms with Crippen LogP contribution < -0.4 is 0 Å². The Bertz CT molecular complexity index is 164. The molecular formula is C12H21Al+. The number of rotatable bonds is 0. The van der Waals surface area contributed by atoms with E-state index in [2.05, 4.69) is 46.2 Å². The van der Waals surface area contributed by atoms with E-state index in [0.29, 0.717) is 0 Å². The van der Waals surface area contributed by atoms with Crippen molar-refractivity contribution in [3.63, 3.8) is 0 Å². The molecule has 0 aromatic carbocycles. The van der Waals surface area contributed by atoms with Crippen molar-refractivity contribution >= 4 is 15.2 Å². The van der Waals surface area contributed by atoms with E-state index in [1.807, 2.05) is 0 Å². The zero-order chi connectivity index (χ0) is 10.6. The van der Waals surface area contributed by atoms with Gasteiger partial charge in [-0.05, 0) is 19.8 Å². The maximum atomic E-state index is 2.21. The fourth-order valence-electron chi connectivity index (χ4n) is 1.41. The van der Waals surface area contributed by atoms with Crippen LogP contribution >= 0.6 is 0 Å². The van der Waals surface area contributed by atoms with Crippen LogP contribution in [0.4, 0.5) is 0 Å². The summed E-state index contributed by atoms with van der Waals surface area (Å²) in [7, 11) is 0. The van der Waals surface area contributed by atoms with Crippen LogP contribution in [0.25, 0.3) is 0 Å². The van der Waals surface area contributed by atoms with Gasteiger partial charge in [-0.15, -0.1) is 0 Å². The van der Waals surface area contributed by atoms with Crippen LogP contribution in [0.5, 0.6) is 0 Å².